The van der Waals surface area contributed by atoms with Crippen LogP contribution in [0, 0.1) is 5.92 Å². The van der Waals surface area contributed by atoms with E-state index in [1.807, 2.05) is 7.11 Å². The van der Waals surface area contributed by atoms with Gasteiger partial charge in [0.15, 0.2) is 0 Å². The molecule has 2 atom stereocenters. The monoisotopic (exact) mass is 368 g/mol. The first kappa shape index (κ1) is 26.0. The molecule has 1 heteroatoms. The predicted octanol–water partition coefficient (Wildman–Crippen LogP) is 9.09. The van der Waals surface area contributed by atoms with Crippen molar-refractivity contribution in [3.63, 3.8) is 0 Å². The Balaban J connectivity index is 4.14. The van der Waals surface area contributed by atoms with E-state index in [0.717, 1.165) is 5.92 Å². The topological polar surface area (TPSA) is 9.23 Å². The fraction of sp³-hybridized carbons (Fsp3) is 1.00. The third kappa shape index (κ3) is 11.6. The molecule has 0 saturated heterocycles. The first-order valence-electron chi connectivity index (χ1n) is 12.3. The average molecular weight is 369 g/mol. The fourth-order valence-electron chi connectivity index (χ4n) is 4.65. The Morgan fingerprint density at radius 2 is 1.08 bits per heavy atom. The van der Waals surface area contributed by atoms with Crippen molar-refractivity contribution in [2.45, 2.75) is 149 Å². The van der Waals surface area contributed by atoms with Crippen LogP contribution in [0.2, 0.25) is 0 Å². The van der Waals surface area contributed by atoms with Crippen molar-refractivity contribution >= 4 is 0 Å². The van der Waals surface area contributed by atoms with E-state index in [0.29, 0.717) is 0 Å². The first-order chi connectivity index (χ1) is 12.7. The fourth-order valence-corrected chi connectivity index (χ4v) is 4.65. The van der Waals surface area contributed by atoms with E-state index < -0.39 is 0 Å². The Labute approximate surface area is 167 Å². The number of methoxy groups -OCH3 is 1. The van der Waals surface area contributed by atoms with Crippen molar-refractivity contribution in [3.05, 3.63) is 0 Å². The molecular formula is C25H52O. The zero-order valence-corrected chi connectivity index (χ0v) is 19.2. The van der Waals surface area contributed by atoms with E-state index in [2.05, 4.69) is 27.7 Å². The molecule has 0 heterocycles. The number of unbranched alkanes of at least 4 members (excludes halogenated alkanes) is 12. The van der Waals surface area contributed by atoms with Gasteiger partial charge in [0, 0.05) is 7.11 Å². The number of hydrogen-bond donors (Lipinski definition) is 0. The highest BCUT2D eigenvalue weighted by atomic mass is 16.5. The van der Waals surface area contributed by atoms with E-state index in [4.69, 9.17) is 4.74 Å². The number of hydrogen-bond acceptors (Lipinski definition) is 1. The number of ether oxygens (including phenoxy) is 1. The summed E-state index contributed by atoms with van der Waals surface area (Å²) in [6.07, 6.45) is 24.7. The van der Waals surface area contributed by atoms with E-state index in [1.54, 1.807) is 0 Å². The smallest absolute Gasteiger partial charge is 0.0704 e. The molecule has 0 fully saturated rings. The maximum absolute atomic E-state index is 6.20. The summed E-state index contributed by atoms with van der Waals surface area (Å²) in [6, 6.07) is 0. The van der Waals surface area contributed by atoms with Crippen LogP contribution < -0.4 is 0 Å². The van der Waals surface area contributed by atoms with Gasteiger partial charge in [0.25, 0.3) is 0 Å². The van der Waals surface area contributed by atoms with Crippen molar-refractivity contribution in [1.29, 1.82) is 0 Å². The minimum absolute atomic E-state index is 0.139. The van der Waals surface area contributed by atoms with Crippen LogP contribution in [-0.4, -0.2) is 12.7 Å². The largest absolute Gasteiger partial charge is 0.378 e. The minimum Gasteiger partial charge on any atom is -0.378 e. The molecule has 0 radical (unpaired) electrons. The van der Waals surface area contributed by atoms with Gasteiger partial charge in [-0.1, -0.05) is 124 Å². The van der Waals surface area contributed by atoms with Gasteiger partial charge in [-0.25, -0.2) is 0 Å². The lowest BCUT2D eigenvalue weighted by atomic mass is 9.76. The summed E-state index contributed by atoms with van der Waals surface area (Å²) in [5.74, 6) is 0.744. The Morgan fingerprint density at radius 3 is 1.50 bits per heavy atom. The average Bonchev–Trinajstić information content (AvgIpc) is 2.67. The first-order valence-corrected chi connectivity index (χ1v) is 12.3. The molecule has 0 spiro atoms. The third-order valence-electron chi connectivity index (χ3n) is 6.60. The lowest BCUT2D eigenvalue weighted by molar-refractivity contribution is -0.0741. The van der Waals surface area contributed by atoms with Crippen molar-refractivity contribution in [2.24, 2.45) is 5.92 Å². The van der Waals surface area contributed by atoms with Gasteiger partial charge in [0.1, 0.15) is 0 Å². The second kappa shape index (κ2) is 18.3. The molecule has 0 N–H and O–H groups in total. The van der Waals surface area contributed by atoms with E-state index in [-0.39, 0.29) is 5.60 Å². The summed E-state index contributed by atoms with van der Waals surface area (Å²) in [4.78, 5) is 0. The van der Waals surface area contributed by atoms with Crippen LogP contribution in [0.15, 0.2) is 0 Å². The normalized spacial score (nSPS) is 15.1. The highest BCUT2D eigenvalue weighted by Crippen LogP contribution is 2.37. The summed E-state index contributed by atoms with van der Waals surface area (Å²) in [7, 11) is 1.97. The molecule has 0 bridgehead atoms. The maximum Gasteiger partial charge on any atom is 0.0704 e. The molecule has 0 aliphatic rings. The lowest BCUT2D eigenvalue weighted by Gasteiger charge is -2.39. The quantitative estimate of drug-likeness (QED) is 0.195. The highest BCUT2D eigenvalue weighted by molar-refractivity contribution is 4.86. The highest BCUT2D eigenvalue weighted by Gasteiger charge is 2.35. The molecule has 2 unspecified atom stereocenters. The SMILES string of the molecule is CCCCCCCCCCC(CC)(OC)C(CC)CCCCCCCC. The standard InChI is InChI=1S/C25H52O/c1-6-10-12-14-16-17-19-21-23-25(9-4,26-5)24(8-3)22-20-18-15-13-11-7-2/h24H,6-23H2,1-5H3. The van der Waals surface area contributed by atoms with Gasteiger partial charge in [-0.2, -0.15) is 0 Å². The van der Waals surface area contributed by atoms with E-state index in [9.17, 15) is 0 Å². The van der Waals surface area contributed by atoms with Crippen molar-refractivity contribution in [1.82, 2.24) is 0 Å². The summed E-state index contributed by atoms with van der Waals surface area (Å²) in [6.45, 7) is 9.31. The van der Waals surface area contributed by atoms with Crippen LogP contribution in [-0.2, 0) is 4.74 Å². The zero-order chi connectivity index (χ0) is 19.5. The molecule has 0 aromatic heterocycles. The predicted molar refractivity (Wildman–Crippen MR) is 119 cm³/mol. The molecule has 158 valence electrons. The third-order valence-corrected chi connectivity index (χ3v) is 6.60. The van der Waals surface area contributed by atoms with Gasteiger partial charge in [-0.05, 0) is 25.2 Å². The van der Waals surface area contributed by atoms with Gasteiger partial charge in [0.05, 0.1) is 5.60 Å². The van der Waals surface area contributed by atoms with Crippen LogP contribution in [0.1, 0.15) is 143 Å². The Kier molecular flexibility index (Phi) is 18.3. The number of rotatable bonds is 20. The molecular weight excluding hydrogens is 316 g/mol. The Hall–Kier alpha value is -0.0400. The molecule has 0 aromatic rings. The summed E-state index contributed by atoms with van der Waals surface area (Å²) >= 11 is 0. The summed E-state index contributed by atoms with van der Waals surface area (Å²) < 4.78 is 6.20. The second-order valence-corrected chi connectivity index (χ2v) is 8.51. The van der Waals surface area contributed by atoms with Gasteiger partial charge in [0.2, 0.25) is 0 Å². The Bertz CT molecular complexity index is 269. The van der Waals surface area contributed by atoms with Crippen LogP contribution >= 0.6 is 0 Å². The van der Waals surface area contributed by atoms with Gasteiger partial charge < -0.3 is 4.74 Å². The summed E-state index contributed by atoms with van der Waals surface area (Å²) in [5.41, 5.74) is 0.139. The van der Waals surface area contributed by atoms with E-state index in [1.165, 1.54) is 116 Å². The summed E-state index contributed by atoms with van der Waals surface area (Å²) in [5, 5.41) is 0. The molecule has 0 saturated carbocycles. The van der Waals surface area contributed by atoms with Crippen molar-refractivity contribution in [2.75, 3.05) is 7.11 Å². The van der Waals surface area contributed by atoms with Crippen LogP contribution in [0.3, 0.4) is 0 Å². The molecule has 0 amide bonds. The minimum atomic E-state index is 0.139. The van der Waals surface area contributed by atoms with Crippen molar-refractivity contribution in [3.8, 4) is 0 Å². The zero-order valence-electron chi connectivity index (χ0n) is 19.2. The molecule has 26 heavy (non-hydrogen) atoms. The second-order valence-electron chi connectivity index (χ2n) is 8.51. The van der Waals surface area contributed by atoms with Gasteiger partial charge >= 0.3 is 0 Å². The molecule has 0 aliphatic carbocycles. The van der Waals surface area contributed by atoms with Crippen molar-refractivity contribution < 1.29 is 4.74 Å². The molecule has 0 aliphatic heterocycles. The van der Waals surface area contributed by atoms with Gasteiger partial charge in [-0.3, -0.25) is 0 Å². The molecule has 0 rings (SSSR count). The Morgan fingerprint density at radius 1 is 0.615 bits per heavy atom. The lowest BCUT2D eigenvalue weighted by Crippen LogP contribution is -2.39. The van der Waals surface area contributed by atoms with E-state index >= 15 is 0 Å². The van der Waals surface area contributed by atoms with Crippen LogP contribution in [0.4, 0.5) is 0 Å². The maximum atomic E-state index is 6.20. The van der Waals surface area contributed by atoms with Gasteiger partial charge in [-0.15, -0.1) is 0 Å². The van der Waals surface area contributed by atoms with Crippen LogP contribution in [0.5, 0.6) is 0 Å². The van der Waals surface area contributed by atoms with Crippen LogP contribution in [0.25, 0.3) is 0 Å². The molecule has 0 aromatic carbocycles. The molecule has 1 nitrogen and oxygen atoms in total.